The fraction of sp³-hybridized carbons (Fsp3) is 0.815. The first kappa shape index (κ1) is 37.2. The summed E-state index contributed by atoms with van der Waals surface area (Å²) in [5.74, 6) is -2.70. The van der Waals surface area contributed by atoms with E-state index in [1.807, 2.05) is 13.8 Å². The number of hydrogen-bond donors (Lipinski definition) is 6. The van der Waals surface area contributed by atoms with Gasteiger partial charge in [0, 0.05) is 32.7 Å². The van der Waals surface area contributed by atoms with Gasteiger partial charge in [-0.05, 0) is 19.3 Å². The van der Waals surface area contributed by atoms with E-state index in [1.165, 1.54) is 6.92 Å². The van der Waals surface area contributed by atoms with Crippen LogP contribution in [0.25, 0.3) is 0 Å². The van der Waals surface area contributed by atoms with Gasteiger partial charge in [-0.25, -0.2) is 4.79 Å². The number of carbonyl (C=O) groups excluding carboxylic acids is 5. The van der Waals surface area contributed by atoms with Gasteiger partial charge in [0.1, 0.15) is 30.4 Å². The molecule has 15 nitrogen and oxygen atoms in total. The number of nitrogens with one attached hydrogen (secondary N) is 3. The molecule has 6 atom stereocenters. The van der Waals surface area contributed by atoms with Crippen LogP contribution in [-0.2, 0) is 42.9 Å². The monoisotopic (exact) mass is 605 g/mol. The van der Waals surface area contributed by atoms with Gasteiger partial charge >= 0.3 is 11.9 Å². The maximum absolute atomic E-state index is 12.5. The lowest BCUT2D eigenvalue weighted by Crippen LogP contribution is -2.64. The van der Waals surface area contributed by atoms with E-state index in [0.29, 0.717) is 6.42 Å². The molecule has 1 heterocycles. The zero-order valence-corrected chi connectivity index (χ0v) is 24.7. The summed E-state index contributed by atoms with van der Waals surface area (Å²) in [6.45, 7) is 4.86. The molecule has 1 fully saturated rings. The van der Waals surface area contributed by atoms with Crippen LogP contribution in [0.2, 0.25) is 0 Å². The highest BCUT2D eigenvalue weighted by Gasteiger charge is 2.45. The summed E-state index contributed by atoms with van der Waals surface area (Å²) in [5.41, 5.74) is 0. The van der Waals surface area contributed by atoms with Crippen molar-refractivity contribution < 1.29 is 58.2 Å². The first-order valence-corrected chi connectivity index (χ1v) is 14.4. The summed E-state index contributed by atoms with van der Waals surface area (Å²) < 4.78 is 21.2. The third-order valence-electron chi connectivity index (χ3n) is 6.30. The standard InChI is InChI=1S/C27H47N3O12/c1-4-6-13-39-22(35)11-8-18(26(38)40-14-7-5-2)30-21(34)10-9-20(33)28-12-15-41-27-23(29-17(3)32)25(37)24(36)19(16-31)42-27/h18-19,23-25,27,31,36-37H,4-16H2,1-3H3,(H,28,33)(H,29,32)(H,30,34)/t18-,19+,23+,24-,25+,27+/m0/s1. The number of esters is 2. The molecule has 0 aromatic carbocycles. The summed E-state index contributed by atoms with van der Waals surface area (Å²) >= 11 is 0. The third kappa shape index (κ3) is 14.4. The van der Waals surface area contributed by atoms with E-state index < -0.39 is 73.0 Å². The molecule has 1 aliphatic heterocycles. The molecule has 0 aliphatic carbocycles. The van der Waals surface area contributed by atoms with Crippen molar-refractivity contribution in [2.24, 2.45) is 0 Å². The van der Waals surface area contributed by atoms with Crippen LogP contribution in [0.1, 0.15) is 72.1 Å². The van der Waals surface area contributed by atoms with Crippen LogP contribution in [-0.4, -0.2) is 115 Å². The Labute approximate surface area is 246 Å². The fourth-order valence-corrected chi connectivity index (χ4v) is 3.89. The van der Waals surface area contributed by atoms with Gasteiger partial charge in [0.05, 0.1) is 26.4 Å². The van der Waals surface area contributed by atoms with Gasteiger partial charge in [-0.1, -0.05) is 26.7 Å². The Bertz CT molecular complexity index is 858. The number of aliphatic hydroxyl groups is 3. The minimum atomic E-state index is -1.46. The molecule has 15 heteroatoms. The first-order chi connectivity index (χ1) is 20.0. The molecule has 0 radical (unpaired) electrons. The van der Waals surface area contributed by atoms with Crippen LogP contribution in [0.4, 0.5) is 0 Å². The molecular formula is C27H47N3O12. The van der Waals surface area contributed by atoms with E-state index in [1.54, 1.807) is 0 Å². The van der Waals surface area contributed by atoms with Crippen LogP contribution in [0.3, 0.4) is 0 Å². The van der Waals surface area contributed by atoms with E-state index in [9.17, 15) is 39.3 Å². The number of hydrogen-bond acceptors (Lipinski definition) is 12. The van der Waals surface area contributed by atoms with Gasteiger partial charge in [-0.3, -0.25) is 19.2 Å². The highest BCUT2D eigenvalue weighted by atomic mass is 16.7. The molecule has 1 rings (SSSR count). The summed E-state index contributed by atoms with van der Waals surface area (Å²) in [5, 5.41) is 37.2. The molecule has 0 spiro atoms. The van der Waals surface area contributed by atoms with Crippen LogP contribution >= 0.6 is 0 Å². The van der Waals surface area contributed by atoms with Crippen LogP contribution in [0, 0.1) is 0 Å². The lowest BCUT2D eigenvalue weighted by molar-refractivity contribution is -0.269. The predicted octanol–water partition coefficient (Wildman–Crippen LogP) is -1.21. The van der Waals surface area contributed by atoms with Crippen molar-refractivity contribution in [3.8, 4) is 0 Å². The Morgan fingerprint density at radius 1 is 0.881 bits per heavy atom. The van der Waals surface area contributed by atoms with E-state index in [-0.39, 0.29) is 52.0 Å². The number of ether oxygens (including phenoxy) is 4. The predicted molar refractivity (Wildman–Crippen MR) is 146 cm³/mol. The lowest BCUT2D eigenvalue weighted by atomic mass is 9.97. The van der Waals surface area contributed by atoms with Gasteiger partial charge in [-0.2, -0.15) is 0 Å². The zero-order chi connectivity index (χ0) is 31.5. The van der Waals surface area contributed by atoms with E-state index >= 15 is 0 Å². The summed E-state index contributed by atoms with van der Waals surface area (Å²) in [6.07, 6.45) is -2.71. The molecule has 3 amide bonds. The van der Waals surface area contributed by atoms with Gasteiger partial charge in [0.25, 0.3) is 0 Å². The van der Waals surface area contributed by atoms with Crippen molar-refractivity contribution in [1.29, 1.82) is 0 Å². The lowest BCUT2D eigenvalue weighted by Gasteiger charge is -2.42. The van der Waals surface area contributed by atoms with Gasteiger partial charge in [0.2, 0.25) is 17.7 Å². The first-order valence-electron chi connectivity index (χ1n) is 14.4. The molecule has 1 saturated heterocycles. The van der Waals surface area contributed by atoms with Crippen LogP contribution in [0.5, 0.6) is 0 Å². The molecule has 0 saturated carbocycles. The smallest absolute Gasteiger partial charge is 0.328 e. The summed E-state index contributed by atoms with van der Waals surface area (Å²) in [7, 11) is 0. The second-order valence-corrected chi connectivity index (χ2v) is 9.91. The SMILES string of the molecule is CCCCOC(=O)CC[C@H](NC(=O)CCC(=O)NCCO[C@@H]1O[C@H](CO)[C@H](O)[C@H](O)[C@H]1NC(C)=O)C(=O)OCCCC. The molecule has 6 N–H and O–H groups in total. The molecule has 1 aliphatic rings. The molecule has 0 aromatic heterocycles. The minimum absolute atomic E-state index is 0.00320. The van der Waals surface area contributed by atoms with Crippen molar-refractivity contribution in [2.45, 2.75) is 109 Å². The van der Waals surface area contributed by atoms with Gasteiger partial charge < -0.3 is 50.2 Å². The maximum Gasteiger partial charge on any atom is 0.328 e. The Hall–Kier alpha value is -2.85. The van der Waals surface area contributed by atoms with E-state index in [2.05, 4.69) is 16.0 Å². The highest BCUT2D eigenvalue weighted by Crippen LogP contribution is 2.22. The molecule has 0 aromatic rings. The third-order valence-corrected chi connectivity index (χ3v) is 6.30. The Morgan fingerprint density at radius 3 is 2.14 bits per heavy atom. The maximum atomic E-state index is 12.5. The Morgan fingerprint density at radius 2 is 1.52 bits per heavy atom. The number of carbonyl (C=O) groups is 5. The second-order valence-electron chi connectivity index (χ2n) is 9.91. The number of unbranched alkanes of at least 4 members (excludes halogenated alkanes) is 2. The number of aliphatic hydroxyl groups excluding tert-OH is 3. The fourth-order valence-electron chi connectivity index (χ4n) is 3.89. The number of rotatable bonds is 20. The van der Waals surface area contributed by atoms with E-state index in [4.69, 9.17) is 18.9 Å². The van der Waals surface area contributed by atoms with Crippen molar-refractivity contribution >= 4 is 29.7 Å². The Balaban J connectivity index is 2.51. The zero-order valence-electron chi connectivity index (χ0n) is 24.7. The highest BCUT2D eigenvalue weighted by molar-refractivity contribution is 5.87. The van der Waals surface area contributed by atoms with Crippen molar-refractivity contribution in [3.05, 3.63) is 0 Å². The van der Waals surface area contributed by atoms with Crippen molar-refractivity contribution in [3.63, 3.8) is 0 Å². The van der Waals surface area contributed by atoms with Crippen molar-refractivity contribution in [1.82, 2.24) is 16.0 Å². The normalized spacial score (nSPS) is 22.5. The summed E-state index contributed by atoms with van der Waals surface area (Å²) in [4.78, 5) is 60.6. The molecule has 0 bridgehead atoms. The van der Waals surface area contributed by atoms with Gasteiger partial charge in [0.15, 0.2) is 6.29 Å². The largest absolute Gasteiger partial charge is 0.466 e. The average molecular weight is 606 g/mol. The van der Waals surface area contributed by atoms with Crippen LogP contribution < -0.4 is 16.0 Å². The Kier molecular flexibility index (Phi) is 18.5. The van der Waals surface area contributed by atoms with Crippen LogP contribution in [0.15, 0.2) is 0 Å². The number of amides is 3. The summed E-state index contributed by atoms with van der Waals surface area (Å²) in [6, 6.07) is -2.17. The average Bonchev–Trinajstić information content (AvgIpc) is 2.95. The topological polar surface area (TPSA) is 219 Å². The van der Waals surface area contributed by atoms with Crippen molar-refractivity contribution in [2.75, 3.05) is 33.0 Å². The van der Waals surface area contributed by atoms with Gasteiger partial charge in [-0.15, -0.1) is 0 Å². The minimum Gasteiger partial charge on any atom is -0.466 e. The van der Waals surface area contributed by atoms with E-state index in [0.717, 1.165) is 19.3 Å². The molecule has 42 heavy (non-hydrogen) atoms. The molecule has 0 unspecified atom stereocenters. The molecule has 242 valence electrons. The second kappa shape index (κ2) is 20.9. The molecular weight excluding hydrogens is 558 g/mol. The quantitative estimate of drug-likeness (QED) is 0.0712.